The fourth-order valence-electron chi connectivity index (χ4n) is 5.18. The molecule has 2 aliphatic carbocycles. The van der Waals surface area contributed by atoms with Crippen LogP contribution < -0.4 is 0 Å². The van der Waals surface area contributed by atoms with Gasteiger partial charge in [-0.25, -0.2) is 0 Å². The van der Waals surface area contributed by atoms with E-state index in [1.54, 1.807) is 0 Å². The number of hydrogen-bond acceptors (Lipinski definition) is 12. The van der Waals surface area contributed by atoms with E-state index < -0.39 is 115 Å². The van der Waals surface area contributed by atoms with Gasteiger partial charge in [0.15, 0.2) is 0 Å². The molecule has 2 aliphatic rings. The van der Waals surface area contributed by atoms with Gasteiger partial charge in [0.05, 0.1) is 6.10 Å². The van der Waals surface area contributed by atoms with Gasteiger partial charge in [-0.15, -0.1) is 45.3 Å². The molecular formula is C28H44N6O18Yb3. The van der Waals surface area contributed by atoms with Gasteiger partial charge in [0.25, 0.3) is 0 Å². The van der Waals surface area contributed by atoms with E-state index in [0.29, 0.717) is 0 Å². The summed E-state index contributed by atoms with van der Waals surface area (Å²) in [6.07, 6.45) is -8.66. The van der Waals surface area contributed by atoms with E-state index in [9.17, 15) is 59.4 Å². The van der Waals surface area contributed by atoms with Gasteiger partial charge in [0.2, 0.25) is 0 Å². The summed E-state index contributed by atoms with van der Waals surface area (Å²) in [5.41, 5.74) is -4.68. The molecule has 0 heterocycles. The van der Waals surface area contributed by atoms with Crippen LogP contribution in [0.25, 0.3) is 31.9 Å². The summed E-state index contributed by atoms with van der Waals surface area (Å²) in [7, 11) is 0. The minimum absolute atomic E-state index is 0. The van der Waals surface area contributed by atoms with E-state index in [2.05, 4.69) is 31.9 Å². The maximum absolute atomic E-state index is 10.6. The molecule has 0 bridgehead atoms. The molecule has 336 valence electrons. The molecule has 55 heavy (non-hydrogen) atoms. The second-order valence-electron chi connectivity index (χ2n) is 11.6. The van der Waals surface area contributed by atoms with E-state index in [-0.39, 0.29) is 199 Å². The van der Waals surface area contributed by atoms with Gasteiger partial charge in [-0.2, -0.15) is 0 Å². The molecule has 12 N–H and O–H groups in total. The minimum Gasteiger partial charge on any atom is -0.657 e. The third-order valence-electron chi connectivity index (χ3n) is 7.72. The van der Waals surface area contributed by atoms with Crippen molar-refractivity contribution in [3.05, 3.63) is 31.9 Å². The molecule has 0 spiro atoms. The first-order chi connectivity index (χ1) is 24.2. The summed E-state index contributed by atoms with van der Waals surface area (Å²) in [5.74, 6) is -6.93. The predicted octanol–water partition coefficient (Wildman–Crippen LogP) is -2.61. The van der Waals surface area contributed by atoms with Crippen LogP contribution in [0.1, 0.15) is 38.5 Å². The summed E-state index contributed by atoms with van der Waals surface area (Å²) in [6, 6.07) is -5.16. The smallest absolute Gasteiger partial charge is 0.657 e. The quantitative estimate of drug-likeness (QED) is 0.0471. The number of carboxylic acids is 6. The molecule has 2 saturated carbocycles. The van der Waals surface area contributed by atoms with Gasteiger partial charge in [-0.1, -0.05) is 18.1 Å². The largest absolute Gasteiger partial charge is 2.00 e. The van der Waals surface area contributed by atoms with Crippen LogP contribution in [0, 0.1) is 141 Å². The van der Waals surface area contributed by atoms with Crippen molar-refractivity contribution in [3.8, 4) is 0 Å². The van der Waals surface area contributed by atoms with Gasteiger partial charge in [0, 0.05) is 56.8 Å². The van der Waals surface area contributed by atoms with Crippen LogP contribution in [0.5, 0.6) is 0 Å². The van der Waals surface area contributed by atoms with Crippen LogP contribution in [-0.2, 0) is 28.8 Å². The summed E-state index contributed by atoms with van der Waals surface area (Å²) in [5, 5.41) is 137. The van der Waals surface area contributed by atoms with Gasteiger partial charge in [0.1, 0.15) is 0 Å². The van der Waals surface area contributed by atoms with Crippen molar-refractivity contribution in [2.24, 2.45) is 0 Å². The molecule has 2 rings (SSSR count). The summed E-state index contributed by atoms with van der Waals surface area (Å²) >= 11 is 0. The van der Waals surface area contributed by atoms with E-state index in [1.807, 2.05) is 0 Å². The van der Waals surface area contributed by atoms with Crippen molar-refractivity contribution in [2.75, 3.05) is 39.3 Å². The monoisotopic (exact) mass is 1270 g/mol. The SMILES string of the molecule is O=C(O)CC[N-]C1C(O)([N-]CCC(=O)O)C(O)C1(O)[N-]CCC(=O)O.O=C(O)CC[N-]C1C(O)C([N-]CCC(=O)O)C(O)C([N-]CCC(=O)O)C1O.[Yb+2].[Yb+2].[Yb+2]. The second kappa shape index (κ2) is 30.0. The first-order valence-corrected chi connectivity index (χ1v) is 15.7. The Hall–Kier alpha value is 0.898. The Morgan fingerprint density at radius 2 is 0.618 bits per heavy atom. The minimum atomic E-state index is -2.34. The molecule has 24 nitrogen and oxygen atoms in total. The van der Waals surface area contributed by atoms with Gasteiger partial charge >= 0.3 is 177 Å². The number of hydrogen-bond donors (Lipinski definition) is 12. The number of rotatable bonds is 24. The van der Waals surface area contributed by atoms with Crippen LogP contribution in [0.4, 0.5) is 0 Å². The maximum Gasteiger partial charge on any atom is 2.00 e. The van der Waals surface area contributed by atoms with E-state index in [1.165, 1.54) is 0 Å². The first kappa shape index (κ1) is 60.2. The Morgan fingerprint density at radius 1 is 0.400 bits per heavy atom. The van der Waals surface area contributed by atoms with Gasteiger partial charge < -0.3 is 93.2 Å². The molecule has 0 aromatic heterocycles. The average molecular weight is 1270 g/mol. The van der Waals surface area contributed by atoms with Crippen molar-refractivity contribution in [2.45, 2.75) is 98.6 Å². The van der Waals surface area contributed by atoms with Gasteiger partial charge in [-0.05, 0) is 11.4 Å². The Balaban J connectivity index is -0.000000935. The third kappa shape index (κ3) is 20.3. The van der Waals surface area contributed by atoms with Crippen molar-refractivity contribution in [3.63, 3.8) is 0 Å². The van der Waals surface area contributed by atoms with Crippen molar-refractivity contribution in [1.29, 1.82) is 0 Å². The predicted molar refractivity (Wildman–Crippen MR) is 172 cm³/mol. The van der Waals surface area contributed by atoms with E-state index in [4.69, 9.17) is 30.6 Å². The Morgan fingerprint density at radius 3 is 0.855 bits per heavy atom. The summed E-state index contributed by atoms with van der Waals surface area (Å²) in [4.78, 5) is 63.5. The van der Waals surface area contributed by atoms with Crippen molar-refractivity contribution in [1.82, 2.24) is 0 Å². The topological polar surface area (TPSA) is 430 Å². The Bertz CT molecular complexity index is 1120. The molecule has 27 heteroatoms. The third-order valence-corrected chi connectivity index (χ3v) is 7.72. The zero-order valence-electron chi connectivity index (χ0n) is 28.4. The Labute approximate surface area is 430 Å². The molecule has 2 fully saturated rings. The number of aliphatic hydroxyl groups is 6. The van der Waals surface area contributed by atoms with E-state index >= 15 is 0 Å². The molecule has 0 radical (unpaired) electrons. The number of aliphatic hydroxyl groups excluding tert-OH is 4. The molecule has 0 amide bonds. The van der Waals surface area contributed by atoms with E-state index in [0.717, 1.165) is 0 Å². The zero-order valence-corrected chi connectivity index (χ0v) is 33.5. The van der Waals surface area contributed by atoms with Crippen LogP contribution in [-0.4, -0.2) is 196 Å². The molecule has 2 atom stereocenters. The zero-order chi connectivity index (χ0) is 39.8. The molecular weight excluding hydrogens is 1230 g/mol. The molecule has 0 aromatic rings. The molecule has 0 saturated heterocycles. The molecule has 0 aromatic carbocycles. The maximum atomic E-state index is 10.6. The number of carbonyl (C=O) groups is 6. The second-order valence-corrected chi connectivity index (χ2v) is 11.6. The van der Waals surface area contributed by atoms with Crippen LogP contribution >= 0.6 is 0 Å². The standard InChI is InChI=1S/C15H24N3O9.C13H20N3O9.3Yb/c19-7(20)1-4-16-10-13(25)11(17-5-2-8(21)22)15(27)12(14(10)26)18-6-3-9(23)24;17-7(18)1-4-14-10-12(24,15-5-2-8(19)20)11(23)13(10,25)16-6-3-9(21)22;;;/h10-15,25-27H,1-6H2,(H,19,20)(H,21,22)(H,23,24);10-11,23-25H,1-6H2,(H,17,18)(H,19,20)(H,21,22);;;/q2*-3;3*+2. The fraction of sp³-hybridized carbons (Fsp3) is 0.786. The average Bonchev–Trinajstić information content (AvgIpc) is 3.03. The Kier molecular flexibility index (Phi) is 32.9. The number of nitrogens with zero attached hydrogens (tertiary/aromatic N) is 6. The summed E-state index contributed by atoms with van der Waals surface area (Å²) in [6.45, 7) is -1.67. The summed E-state index contributed by atoms with van der Waals surface area (Å²) < 4.78 is 0. The van der Waals surface area contributed by atoms with Crippen molar-refractivity contribution >= 4 is 35.8 Å². The number of carboxylic acid groups (broad SMARTS) is 6. The van der Waals surface area contributed by atoms with Crippen LogP contribution in [0.15, 0.2) is 0 Å². The van der Waals surface area contributed by atoms with Gasteiger partial charge in [-0.3, -0.25) is 28.8 Å². The normalized spacial score (nSPS) is 29.3. The molecule has 2 unspecified atom stereocenters. The first-order valence-electron chi connectivity index (χ1n) is 15.7. The molecule has 0 aliphatic heterocycles. The number of aliphatic carboxylic acids is 6. The van der Waals surface area contributed by atoms with Crippen molar-refractivity contribution < 1.29 is 231 Å². The fourth-order valence-corrected chi connectivity index (χ4v) is 5.18. The van der Waals surface area contributed by atoms with Crippen LogP contribution in [0.2, 0.25) is 0 Å². The van der Waals surface area contributed by atoms with Crippen LogP contribution in [0.3, 0.4) is 0 Å².